The monoisotopic (exact) mass is 277 g/mol. The van der Waals surface area contributed by atoms with Crippen molar-refractivity contribution < 1.29 is 4.79 Å². The Hall–Kier alpha value is -1.95. The van der Waals surface area contributed by atoms with Gasteiger partial charge in [0, 0.05) is 18.1 Å². The molecule has 1 amide bonds. The molecule has 1 aliphatic heterocycles. The van der Waals surface area contributed by atoms with Crippen LogP contribution in [0.15, 0.2) is 24.5 Å². The van der Waals surface area contributed by atoms with Gasteiger partial charge in [-0.3, -0.25) is 4.79 Å². The first-order valence-corrected chi connectivity index (χ1v) is 6.46. The molecule has 0 radical (unpaired) electrons. The highest BCUT2D eigenvalue weighted by molar-refractivity contribution is 6.31. The highest BCUT2D eigenvalue weighted by Gasteiger charge is 2.22. The molecule has 2 aromatic rings. The van der Waals surface area contributed by atoms with E-state index in [-0.39, 0.29) is 5.91 Å². The lowest BCUT2D eigenvalue weighted by molar-refractivity contribution is 0.0792. The zero-order chi connectivity index (χ0) is 13.2. The first kappa shape index (κ1) is 12.1. The Morgan fingerprint density at radius 1 is 1.26 bits per heavy atom. The van der Waals surface area contributed by atoms with E-state index in [1.165, 1.54) is 11.0 Å². The Labute approximate surface area is 115 Å². The zero-order valence-corrected chi connectivity index (χ0v) is 10.9. The molecule has 0 unspecified atom stereocenters. The van der Waals surface area contributed by atoms with Crippen LogP contribution in [0.5, 0.6) is 0 Å². The fraction of sp³-hybridized carbons (Fsp3) is 0.333. The summed E-state index contributed by atoms with van der Waals surface area (Å²) in [6.45, 7) is 1.60. The third kappa shape index (κ3) is 2.31. The standard InChI is InChI=1S/C12H12ClN5O/c13-9-3-4-10(12(19)17-5-1-2-6-17)11(7-9)18-8-14-15-16-18/h3-4,7-8H,1-2,5-6H2. The largest absolute Gasteiger partial charge is 0.339 e. The van der Waals surface area contributed by atoms with E-state index in [0.29, 0.717) is 16.3 Å². The number of nitrogens with zero attached hydrogens (tertiary/aromatic N) is 5. The van der Waals surface area contributed by atoms with Crippen LogP contribution in [-0.4, -0.2) is 44.1 Å². The van der Waals surface area contributed by atoms with E-state index >= 15 is 0 Å². The summed E-state index contributed by atoms with van der Waals surface area (Å²) in [7, 11) is 0. The normalized spacial score (nSPS) is 14.9. The third-order valence-corrected chi connectivity index (χ3v) is 3.41. The molecule has 19 heavy (non-hydrogen) atoms. The number of benzene rings is 1. The van der Waals surface area contributed by atoms with Gasteiger partial charge in [-0.1, -0.05) is 11.6 Å². The molecule has 7 heteroatoms. The van der Waals surface area contributed by atoms with E-state index in [0.717, 1.165) is 25.9 Å². The molecular weight excluding hydrogens is 266 g/mol. The average molecular weight is 278 g/mol. The van der Waals surface area contributed by atoms with E-state index in [4.69, 9.17) is 11.6 Å². The molecule has 3 rings (SSSR count). The maximum Gasteiger partial charge on any atom is 0.256 e. The first-order valence-electron chi connectivity index (χ1n) is 6.08. The van der Waals surface area contributed by atoms with Crippen LogP contribution in [0.25, 0.3) is 5.69 Å². The molecule has 6 nitrogen and oxygen atoms in total. The smallest absolute Gasteiger partial charge is 0.256 e. The fourth-order valence-electron chi connectivity index (χ4n) is 2.24. The van der Waals surface area contributed by atoms with E-state index < -0.39 is 0 Å². The van der Waals surface area contributed by atoms with Crippen molar-refractivity contribution in [3.8, 4) is 5.69 Å². The summed E-state index contributed by atoms with van der Waals surface area (Å²) in [6, 6.07) is 5.12. The fourth-order valence-corrected chi connectivity index (χ4v) is 2.40. The molecule has 0 bridgehead atoms. The summed E-state index contributed by atoms with van der Waals surface area (Å²) in [5, 5.41) is 11.5. The number of aromatic nitrogens is 4. The highest BCUT2D eigenvalue weighted by atomic mass is 35.5. The maximum absolute atomic E-state index is 12.5. The second-order valence-corrected chi connectivity index (χ2v) is 4.85. The number of amides is 1. The van der Waals surface area contributed by atoms with Crippen LogP contribution in [0.2, 0.25) is 5.02 Å². The average Bonchev–Trinajstić information content (AvgIpc) is 3.11. The zero-order valence-electron chi connectivity index (χ0n) is 10.2. The van der Waals surface area contributed by atoms with Crippen LogP contribution in [-0.2, 0) is 0 Å². The maximum atomic E-state index is 12.5. The first-order chi connectivity index (χ1) is 9.25. The Morgan fingerprint density at radius 3 is 2.74 bits per heavy atom. The number of tetrazole rings is 1. The second-order valence-electron chi connectivity index (χ2n) is 4.42. The molecule has 0 saturated carbocycles. The summed E-state index contributed by atoms with van der Waals surface area (Å²) in [5.74, 6) is -0.000309. The number of hydrogen-bond donors (Lipinski definition) is 0. The summed E-state index contributed by atoms with van der Waals surface area (Å²) in [6.07, 6.45) is 3.56. The molecule has 1 fully saturated rings. The summed E-state index contributed by atoms with van der Waals surface area (Å²) in [4.78, 5) is 14.3. The van der Waals surface area contributed by atoms with Crippen molar-refractivity contribution in [3.05, 3.63) is 35.1 Å². The number of halogens is 1. The minimum atomic E-state index is -0.000309. The second kappa shape index (κ2) is 4.97. The number of rotatable bonds is 2. The molecule has 1 aliphatic rings. The van der Waals surface area contributed by atoms with Gasteiger partial charge >= 0.3 is 0 Å². The van der Waals surface area contributed by atoms with Crippen molar-refractivity contribution in [2.45, 2.75) is 12.8 Å². The van der Waals surface area contributed by atoms with E-state index in [1.807, 2.05) is 4.90 Å². The van der Waals surface area contributed by atoms with Crippen molar-refractivity contribution in [2.75, 3.05) is 13.1 Å². The van der Waals surface area contributed by atoms with Crippen molar-refractivity contribution in [1.82, 2.24) is 25.1 Å². The molecule has 0 spiro atoms. The van der Waals surface area contributed by atoms with Crippen LogP contribution >= 0.6 is 11.6 Å². The number of carbonyl (C=O) groups excluding carboxylic acids is 1. The van der Waals surface area contributed by atoms with Gasteiger partial charge in [-0.05, 0) is 41.5 Å². The quantitative estimate of drug-likeness (QED) is 0.835. The predicted octanol–water partition coefficient (Wildman–Crippen LogP) is 1.55. The van der Waals surface area contributed by atoms with Gasteiger partial charge in [0.05, 0.1) is 11.3 Å². The van der Waals surface area contributed by atoms with Gasteiger partial charge in [0.15, 0.2) is 0 Å². The molecule has 2 heterocycles. The highest BCUT2D eigenvalue weighted by Crippen LogP contribution is 2.22. The van der Waals surface area contributed by atoms with Gasteiger partial charge in [0.25, 0.3) is 5.91 Å². The summed E-state index contributed by atoms with van der Waals surface area (Å²) >= 11 is 5.99. The number of carbonyl (C=O) groups is 1. The van der Waals surface area contributed by atoms with Gasteiger partial charge in [-0.15, -0.1) is 5.10 Å². The van der Waals surface area contributed by atoms with Gasteiger partial charge in [0.2, 0.25) is 0 Å². The lowest BCUT2D eigenvalue weighted by Crippen LogP contribution is -2.28. The number of likely N-dealkylation sites (tertiary alicyclic amines) is 1. The SMILES string of the molecule is O=C(c1ccc(Cl)cc1-n1cnnn1)N1CCCC1. The summed E-state index contributed by atoms with van der Waals surface area (Å²) < 4.78 is 1.45. The minimum absolute atomic E-state index is 0.000309. The van der Waals surface area contributed by atoms with Crippen molar-refractivity contribution in [1.29, 1.82) is 0 Å². The molecular formula is C12H12ClN5O. The topological polar surface area (TPSA) is 63.9 Å². The van der Waals surface area contributed by atoms with Crippen LogP contribution in [0, 0.1) is 0 Å². The Morgan fingerprint density at radius 2 is 2.05 bits per heavy atom. The molecule has 0 aliphatic carbocycles. The summed E-state index contributed by atoms with van der Waals surface area (Å²) in [5.41, 5.74) is 1.17. The lowest BCUT2D eigenvalue weighted by atomic mass is 10.1. The number of hydrogen-bond acceptors (Lipinski definition) is 4. The van der Waals surface area contributed by atoms with Gasteiger partial charge in [-0.2, -0.15) is 4.68 Å². The van der Waals surface area contributed by atoms with E-state index in [1.54, 1.807) is 18.2 Å². The van der Waals surface area contributed by atoms with E-state index in [2.05, 4.69) is 15.5 Å². The van der Waals surface area contributed by atoms with Crippen LogP contribution < -0.4 is 0 Å². The molecule has 0 atom stereocenters. The molecule has 98 valence electrons. The van der Waals surface area contributed by atoms with Crippen LogP contribution in [0.1, 0.15) is 23.2 Å². The minimum Gasteiger partial charge on any atom is -0.339 e. The Bertz CT molecular complexity index is 592. The Kier molecular flexibility index (Phi) is 3.16. The van der Waals surface area contributed by atoms with Crippen molar-refractivity contribution in [2.24, 2.45) is 0 Å². The molecule has 1 aromatic heterocycles. The van der Waals surface area contributed by atoms with Crippen molar-refractivity contribution in [3.63, 3.8) is 0 Å². The van der Waals surface area contributed by atoms with Gasteiger partial charge in [0.1, 0.15) is 6.33 Å². The van der Waals surface area contributed by atoms with Gasteiger partial charge < -0.3 is 4.90 Å². The van der Waals surface area contributed by atoms with Crippen LogP contribution in [0.3, 0.4) is 0 Å². The predicted molar refractivity (Wildman–Crippen MR) is 69.3 cm³/mol. The van der Waals surface area contributed by atoms with Gasteiger partial charge in [-0.25, -0.2) is 0 Å². The molecule has 1 aromatic carbocycles. The Balaban J connectivity index is 2.03. The lowest BCUT2D eigenvalue weighted by Gasteiger charge is -2.17. The molecule has 0 N–H and O–H groups in total. The van der Waals surface area contributed by atoms with Crippen LogP contribution in [0.4, 0.5) is 0 Å². The van der Waals surface area contributed by atoms with Crippen molar-refractivity contribution >= 4 is 17.5 Å². The van der Waals surface area contributed by atoms with E-state index in [9.17, 15) is 4.79 Å². The molecule has 1 saturated heterocycles. The third-order valence-electron chi connectivity index (χ3n) is 3.18.